The third-order valence-corrected chi connectivity index (χ3v) is 1.35. The fourth-order valence-corrected chi connectivity index (χ4v) is 0.856. The lowest BCUT2D eigenvalue weighted by Crippen LogP contribution is -1.89. The van der Waals surface area contributed by atoms with Crippen LogP contribution in [0.2, 0.25) is 0 Å². The molecule has 0 aliphatic heterocycles. The number of hydrogen-bond acceptors (Lipinski definition) is 6. The summed E-state index contributed by atoms with van der Waals surface area (Å²) in [6.45, 7) is 0. The summed E-state index contributed by atoms with van der Waals surface area (Å²) in [5, 5.41) is 25.5. The molecule has 0 aliphatic carbocycles. The van der Waals surface area contributed by atoms with Crippen molar-refractivity contribution in [3.8, 4) is 11.9 Å². The van der Waals surface area contributed by atoms with Gasteiger partial charge in [0.05, 0.1) is 11.6 Å². The molecule has 6 nitrogen and oxygen atoms in total. The lowest BCUT2D eigenvalue weighted by atomic mass is 10.4. The van der Waals surface area contributed by atoms with Crippen LogP contribution in [0.25, 0.3) is 11.0 Å². The molecule has 0 aromatic carbocycles. The van der Waals surface area contributed by atoms with Gasteiger partial charge in [0.1, 0.15) is 0 Å². The molecule has 0 bridgehead atoms. The van der Waals surface area contributed by atoms with Gasteiger partial charge < -0.3 is 10.2 Å². The van der Waals surface area contributed by atoms with Gasteiger partial charge in [0.2, 0.25) is 5.88 Å². The molecule has 0 atom stereocenters. The first-order valence-corrected chi connectivity index (χ1v) is 3.15. The normalized spacial score (nSPS) is 10.3. The van der Waals surface area contributed by atoms with E-state index in [9.17, 15) is 5.11 Å². The molecular formula is C6H4N4O2. The summed E-state index contributed by atoms with van der Waals surface area (Å²) in [4.78, 5) is 6.88. The van der Waals surface area contributed by atoms with Crippen molar-refractivity contribution in [3.63, 3.8) is 0 Å². The van der Waals surface area contributed by atoms with Gasteiger partial charge in [-0.3, -0.25) is 0 Å². The molecule has 12 heavy (non-hydrogen) atoms. The van der Waals surface area contributed by atoms with Gasteiger partial charge in [-0.1, -0.05) is 0 Å². The molecule has 2 N–H and O–H groups in total. The minimum atomic E-state index is -0.513. The highest BCUT2D eigenvalue weighted by Gasteiger charge is 2.05. The maximum Gasteiger partial charge on any atom is 0.319 e. The zero-order valence-corrected chi connectivity index (χ0v) is 5.84. The molecule has 0 spiro atoms. The smallest absolute Gasteiger partial charge is 0.319 e. The van der Waals surface area contributed by atoms with E-state index in [1.165, 1.54) is 12.3 Å². The summed E-state index contributed by atoms with van der Waals surface area (Å²) in [5.41, 5.74) is 0.169. The number of aromatic hydroxyl groups is 2. The van der Waals surface area contributed by atoms with Crippen LogP contribution in [-0.4, -0.2) is 30.4 Å². The fraction of sp³-hybridized carbons (Fsp3) is 0. The highest BCUT2D eigenvalue weighted by Crippen LogP contribution is 2.19. The van der Waals surface area contributed by atoms with E-state index in [0.29, 0.717) is 5.39 Å². The number of aromatic nitrogens is 4. The highest BCUT2D eigenvalue weighted by atomic mass is 16.3. The molecule has 2 aromatic rings. The van der Waals surface area contributed by atoms with Gasteiger partial charge in [-0.15, -0.1) is 5.10 Å². The van der Waals surface area contributed by atoms with Gasteiger partial charge in [0.25, 0.3) is 0 Å². The molecule has 6 heteroatoms. The second kappa shape index (κ2) is 2.26. The molecule has 2 rings (SSSR count). The van der Waals surface area contributed by atoms with E-state index in [4.69, 9.17) is 5.11 Å². The second-order valence-electron chi connectivity index (χ2n) is 2.12. The summed E-state index contributed by atoms with van der Waals surface area (Å²) in [6, 6.07) is 0.998. The third kappa shape index (κ3) is 0.895. The molecule has 2 heterocycles. The van der Waals surface area contributed by atoms with Crippen LogP contribution in [0.1, 0.15) is 0 Å². The first-order valence-electron chi connectivity index (χ1n) is 3.15. The minimum Gasteiger partial charge on any atom is -0.493 e. The van der Waals surface area contributed by atoms with Crippen molar-refractivity contribution in [1.29, 1.82) is 0 Å². The fourth-order valence-electron chi connectivity index (χ4n) is 0.856. The molecule has 0 amide bonds. The van der Waals surface area contributed by atoms with Crippen LogP contribution in [0.5, 0.6) is 11.9 Å². The Labute approximate surface area is 66.5 Å². The van der Waals surface area contributed by atoms with E-state index in [2.05, 4.69) is 20.2 Å². The van der Waals surface area contributed by atoms with Crippen LogP contribution in [0, 0.1) is 0 Å². The molecule has 0 radical (unpaired) electrons. The van der Waals surface area contributed by atoms with Crippen molar-refractivity contribution in [2.24, 2.45) is 0 Å². The Kier molecular flexibility index (Phi) is 1.26. The summed E-state index contributed by atoms with van der Waals surface area (Å²) in [5.74, 6) is -0.299. The molecule has 0 fully saturated rings. The van der Waals surface area contributed by atoms with Crippen molar-refractivity contribution in [3.05, 3.63) is 12.3 Å². The molecule has 2 aromatic heterocycles. The van der Waals surface area contributed by atoms with Crippen LogP contribution >= 0.6 is 0 Å². The largest absolute Gasteiger partial charge is 0.493 e. The first kappa shape index (κ1) is 6.71. The van der Waals surface area contributed by atoms with Gasteiger partial charge in [-0.25, -0.2) is 0 Å². The summed E-state index contributed by atoms with van der Waals surface area (Å²) in [6.07, 6.45) is 1.41. The zero-order chi connectivity index (χ0) is 8.55. The lowest BCUT2D eigenvalue weighted by Gasteiger charge is -1.96. The van der Waals surface area contributed by atoms with Crippen LogP contribution < -0.4 is 0 Å². The van der Waals surface area contributed by atoms with E-state index >= 15 is 0 Å². The predicted molar refractivity (Wildman–Crippen MR) is 38.5 cm³/mol. The summed E-state index contributed by atoms with van der Waals surface area (Å²) < 4.78 is 0. The quantitative estimate of drug-likeness (QED) is 0.561. The number of hydrogen-bond donors (Lipinski definition) is 2. The Bertz CT molecular complexity index is 431. The summed E-state index contributed by atoms with van der Waals surface area (Å²) in [7, 11) is 0. The van der Waals surface area contributed by atoms with E-state index in [-0.39, 0.29) is 11.5 Å². The Morgan fingerprint density at radius 3 is 2.83 bits per heavy atom. The Hall–Kier alpha value is -1.98. The van der Waals surface area contributed by atoms with E-state index in [0.717, 1.165) is 0 Å². The lowest BCUT2D eigenvalue weighted by molar-refractivity contribution is 0.403. The first-order chi connectivity index (χ1) is 5.77. The molecule has 0 saturated carbocycles. The topological polar surface area (TPSA) is 92.0 Å². The standard InChI is InChI=1S/C6H4N4O2/c11-5-3-1-2-7-10-4(3)8-6(12)9-5/h1-2H,(H2,8,9,10,11,12). The van der Waals surface area contributed by atoms with Crippen LogP contribution in [-0.2, 0) is 0 Å². The van der Waals surface area contributed by atoms with Crippen LogP contribution in [0.15, 0.2) is 12.3 Å². The van der Waals surface area contributed by atoms with E-state index in [1.54, 1.807) is 0 Å². The van der Waals surface area contributed by atoms with Crippen molar-refractivity contribution in [1.82, 2.24) is 20.2 Å². The Balaban J connectivity index is 2.89. The molecule has 60 valence electrons. The maximum atomic E-state index is 9.17. The van der Waals surface area contributed by atoms with Crippen LogP contribution in [0.3, 0.4) is 0 Å². The molecule has 0 aliphatic rings. The number of rotatable bonds is 0. The zero-order valence-electron chi connectivity index (χ0n) is 5.84. The molecular weight excluding hydrogens is 160 g/mol. The number of nitrogens with zero attached hydrogens (tertiary/aromatic N) is 4. The van der Waals surface area contributed by atoms with Crippen molar-refractivity contribution < 1.29 is 10.2 Å². The van der Waals surface area contributed by atoms with E-state index in [1.807, 2.05) is 0 Å². The molecule has 0 unspecified atom stereocenters. The third-order valence-electron chi connectivity index (χ3n) is 1.35. The minimum absolute atomic E-state index is 0.169. The second-order valence-corrected chi connectivity index (χ2v) is 2.12. The van der Waals surface area contributed by atoms with Crippen molar-refractivity contribution in [2.75, 3.05) is 0 Å². The molecule has 0 saturated heterocycles. The monoisotopic (exact) mass is 164 g/mol. The van der Waals surface area contributed by atoms with Gasteiger partial charge in [0.15, 0.2) is 5.65 Å². The van der Waals surface area contributed by atoms with Gasteiger partial charge in [-0.05, 0) is 6.07 Å². The average molecular weight is 164 g/mol. The van der Waals surface area contributed by atoms with Gasteiger partial charge >= 0.3 is 6.01 Å². The van der Waals surface area contributed by atoms with E-state index < -0.39 is 6.01 Å². The van der Waals surface area contributed by atoms with Crippen molar-refractivity contribution >= 4 is 11.0 Å². The number of fused-ring (bicyclic) bond motifs is 1. The van der Waals surface area contributed by atoms with Gasteiger partial charge in [0, 0.05) is 0 Å². The Morgan fingerprint density at radius 2 is 2.00 bits per heavy atom. The average Bonchev–Trinajstić information content (AvgIpc) is 2.04. The van der Waals surface area contributed by atoms with Gasteiger partial charge in [-0.2, -0.15) is 15.1 Å². The van der Waals surface area contributed by atoms with Crippen molar-refractivity contribution in [2.45, 2.75) is 0 Å². The van der Waals surface area contributed by atoms with Crippen LogP contribution in [0.4, 0.5) is 0 Å². The Morgan fingerprint density at radius 1 is 1.17 bits per heavy atom. The SMILES string of the molecule is Oc1nc(O)c2ccnnc2n1. The highest BCUT2D eigenvalue weighted by molar-refractivity contribution is 5.78. The summed E-state index contributed by atoms with van der Waals surface area (Å²) >= 11 is 0. The predicted octanol–water partition coefficient (Wildman–Crippen LogP) is -0.169. The maximum absolute atomic E-state index is 9.17.